The monoisotopic (exact) mass is 710 g/mol. The van der Waals surface area contributed by atoms with Gasteiger partial charge in [0.1, 0.15) is 11.3 Å². The number of nitrogen functional groups attached to an aromatic ring is 2. The average molecular weight is 711 g/mol. The smallest absolute Gasteiger partial charge is 0.404 e. The van der Waals surface area contributed by atoms with Gasteiger partial charge in [0.15, 0.2) is 17.8 Å². The van der Waals surface area contributed by atoms with E-state index in [-0.39, 0.29) is 31.3 Å². The van der Waals surface area contributed by atoms with Gasteiger partial charge in [0.05, 0.1) is 26.1 Å². The third kappa shape index (κ3) is 13.8. The lowest BCUT2D eigenvalue weighted by Crippen LogP contribution is -2.13. The molecule has 0 aliphatic heterocycles. The molecule has 0 spiro atoms. The minimum absolute atomic E-state index is 0.0658. The molecule has 4 aromatic rings. The summed E-state index contributed by atoms with van der Waals surface area (Å²) in [6.45, 7) is 3.97. The number of aromatic nitrogens is 4. The lowest BCUT2D eigenvalue weighted by molar-refractivity contribution is 0.0853. The van der Waals surface area contributed by atoms with E-state index in [0.717, 1.165) is 23.6 Å². The van der Waals surface area contributed by atoms with Crippen molar-refractivity contribution >= 4 is 41.3 Å². The maximum Gasteiger partial charge on any atom is 0.404 e. The van der Waals surface area contributed by atoms with E-state index >= 15 is 0 Å². The van der Waals surface area contributed by atoms with Crippen LogP contribution >= 0.6 is 7.60 Å². The van der Waals surface area contributed by atoms with Gasteiger partial charge >= 0.3 is 7.60 Å². The second-order valence-corrected chi connectivity index (χ2v) is 15.0. The first-order valence-electron chi connectivity index (χ1n) is 18.8. The van der Waals surface area contributed by atoms with Crippen LogP contribution in [0.15, 0.2) is 48.8 Å². The van der Waals surface area contributed by atoms with Crippen molar-refractivity contribution in [1.29, 1.82) is 0 Å². The van der Waals surface area contributed by atoms with E-state index in [1.807, 2.05) is 36.4 Å². The zero-order valence-electron chi connectivity index (χ0n) is 30.1. The van der Waals surface area contributed by atoms with Crippen molar-refractivity contribution in [2.24, 2.45) is 0 Å². The third-order valence-corrected chi connectivity index (χ3v) is 10.4. The molecule has 4 rings (SSSR count). The molecule has 2 aromatic heterocycles. The molecule has 2 heterocycles. The number of hydrogen-bond donors (Lipinski definition) is 2. The summed E-state index contributed by atoms with van der Waals surface area (Å²) in [7, 11) is -3.70. The van der Waals surface area contributed by atoms with Gasteiger partial charge in [-0.3, -0.25) is 4.52 Å². The van der Waals surface area contributed by atoms with Crippen LogP contribution in [0, 0.1) is 0 Å². The number of nitrogens with two attached hydrogens (primary N) is 2. The average Bonchev–Trinajstić information content (AvgIpc) is 3.52. The molecule has 0 saturated carbocycles. The van der Waals surface area contributed by atoms with Crippen molar-refractivity contribution < 1.29 is 23.1 Å². The summed E-state index contributed by atoms with van der Waals surface area (Å²) in [4.78, 5) is 12.5. The second kappa shape index (κ2) is 22.6. The lowest BCUT2D eigenvalue weighted by atomic mass is 10.0. The summed E-state index contributed by atoms with van der Waals surface area (Å²) in [5.74, 6) is 0.758. The molecule has 0 bridgehead atoms. The molecule has 0 aliphatic carbocycles. The molecule has 11 nitrogen and oxygen atoms in total. The van der Waals surface area contributed by atoms with Crippen LogP contribution in [0.5, 0.6) is 5.75 Å². The molecule has 0 aliphatic rings. The van der Waals surface area contributed by atoms with Gasteiger partial charge in [0, 0.05) is 18.5 Å². The number of unbranched alkanes of at least 4 members (excludes halogenated alkanes) is 15. The molecule has 0 fully saturated rings. The Morgan fingerprint density at radius 3 is 2.04 bits per heavy atom. The van der Waals surface area contributed by atoms with Gasteiger partial charge in [-0.15, -0.1) is 0 Å². The molecule has 1 atom stereocenters. The first-order chi connectivity index (χ1) is 24.5. The van der Waals surface area contributed by atoms with Crippen LogP contribution in [0.3, 0.4) is 0 Å². The highest BCUT2D eigenvalue weighted by molar-refractivity contribution is 7.54. The Balaban J connectivity index is 1.11. The predicted octanol–water partition coefficient (Wildman–Crippen LogP) is 9.68. The highest BCUT2D eigenvalue weighted by Crippen LogP contribution is 2.49. The Bertz CT molecular complexity index is 1580. The van der Waals surface area contributed by atoms with Gasteiger partial charge in [-0.2, -0.15) is 9.97 Å². The van der Waals surface area contributed by atoms with Crippen LogP contribution in [0.4, 0.5) is 11.8 Å². The van der Waals surface area contributed by atoms with E-state index in [1.54, 1.807) is 17.0 Å². The normalized spacial score (nSPS) is 12.9. The van der Waals surface area contributed by atoms with Crippen molar-refractivity contribution in [3.05, 3.63) is 48.8 Å². The SMILES string of the molecule is CCCCCCCCCCCCCCCCCCOCCOP(=O)(COCCn1cnc2c(N)nc(N)nc21)Oc1cccc2ccccc12. The molecule has 0 amide bonds. The number of ether oxygens (including phenoxy) is 2. The number of benzene rings is 2. The van der Waals surface area contributed by atoms with Crippen LogP contribution in [0.25, 0.3) is 21.9 Å². The minimum atomic E-state index is -3.70. The molecule has 276 valence electrons. The van der Waals surface area contributed by atoms with Gasteiger partial charge in [0.25, 0.3) is 0 Å². The van der Waals surface area contributed by atoms with E-state index in [4.69, 9.17) is 30.0 Å². The minimum Gasteiger partial charge on any atom is -0.422 e. The van der Waals surface area contributed by atoms with Crippen molar-refractivity contribution in [2.75, 3.05) is 44.2 Å². The van der Waals surface area contributed by atoms with E-state index < -0.39 is 7.60 Å². The van der Waals surface area contributed by atoms with Crippen molar-refractivity contribution in [2.45, 2.75) is 116 Å². The van der Waals surface area contributed by atoms with Crippen LogP contribution < -0.4 is 16.0 Å². The van der Waals surface area contributed by atoms with Gasteiger partial charge in [-0.1, -0.05) is 140 Å². The standard InChI is InChI=1S/C38H59N6O5P/c1-2-3-4-5-6-7-8-9-10-11-12-13-14-15-16-19-26-46-28-29-48-50(45,49-34-24-20-22-32-21-17-18-23-33(32)34)31-47-27-25-44-30-41-35-36(39)42-38(40)43-37(35)44/h17-18,20-24,30H,2-16,19,25-29,31H2,1H3,(H4,39,40,42,43). The van der Waals surface area contributed by atoms with E-state index in [2.05, 4.69) is 21.9 Å². The van der Waals surface area contributed by atoms with E-state index in [0.29, 0.717) is 36.7 Å². The zero-order valence-corrected chi connectivity index (χ0v) is 31.0. The Kier molecular flexibility index (Phi) is 17.8. The van der Waals surface area contributed by atoms with E-state index in [1.165, 1.54) is 89.9 Å². The largest absolute Gasteiger partial charge is 0.422 e. The van der Waals surface area contributed by atoms with Crippen molar-refractivity contribution in [3.8, 4) is 5.75 Å². The maximum atomic E-state index is 14.0. The predicted molar refractivity (Wildman–Crippen MR) is 203 cm³/mol. The summed E-state index contributed by atoms with van der Waals surface area (Å²) in [6, 6.07) is 13.4. The molecule has 2 aromatic carbocycles. The molecule has 1 unspecified atom stereocenters. The first kappa shape index (κ1) is 39.5. The van der Waals surface area contributed by atoms with Gasteiger partial charge < -0.3 is 30.0 Å². The number of fused-ring (bicyclic) bond motifs is 2. The summed E-state index contributed by atoms with van der Waals surface area (Å²) >= 11 is 0. The lowest BCUT2D eigenvalue weighted by Gasteiger charge is -2.20. The fraction of sp³-hybridized carbons (Fsp3) is 0.605. The van der Waals surface area contributed by atoms with Crippen LogP contribution in [-0.2, 0) is 25.1 Å². The van der Waals surface area contributed by atoms with Crippen LogP contribution in [0.2, 0.25) is 0 Å². The highest BCUT2D eigenvalue weighted by atomic mass is 31.2. The molecule has 4 N–H and O–H groups in total. The number of rotatable bonds is 28. The summed E-state index contributed by atoms with van der Waals surface area (Å²) in [6.07, 6.45) is 22.7. The van der Waals surface area contributed by atoms with Crippen molar-refractivity contribution in [1.82, 2.24) is 19.5 Å². The Morgan fingerprint density at radius 2 is 1.34 bits per heavy atom. The fourth-order valence-electron chi connectivity index (χ4n) is 6.09. The topological polar surface area (TPSA) is 150 Å². The van der Waals surface area contributed by atoms with Gasteiger partial charge in [-0.05, 0) is 17.9 Å². The van der Waals surface area contributed by atoms with Gasteiger partial charge in [-0.25, -0.2) is 9.55 Å². The van der Waals surface area contributed by atoms with Crippen molar-refractivity contribution in [3.63, 3.8) is 0 Å². The maximum absolute atomic E-state index is 14.0. The van der Waals surface area contributed by atoms with E-state index in [9.17, 15) is 4.57 Å². The first-order valence-corrected chi connectivity index (χ1v) is 20.5. The Labute approximate surface area is 298 Å². The highest BCUT2D eigenvalue weighted by Gasteiger charge is 2.28. The Hall–Kier alpha value is -3.24. The Morgan fingerprint density at radius 1 is 0.700 bits per heavy atom. The molecule has 0 radical (unpaired) electrons. The van der Waals surface area contributed by atoms with Crippen LogP contribution in [-0.4, -0.2) is 52.3 Å². The number of hydrogen-bond acceptors (Lipinski definition) is 10. The third-order valence-electron chi connectivity index (χ3n) is 8.88. The summed E-state index contributed by atoms with van der Waals surface area (Å²) in [5, 5.41) is 1.82. The molecule has 12 heteroatoms. The molecular weight excluding hydrogens is 651 g/mol. The summed E-state index contributed by atoms with van der Waals surface area (Å²) < 4.78 is 39.4. The van der Waals surface area contributed by atoms with Crippen LogP contribution in [0.1, 0.15) is 110 Å². The quantitative estimate of drug-likeness (QED) is 0.0431. The number of anilines is 2. The molecule has 0 saturated heterocycles. The van der Waals surface area contributed by atoms with Gasteiger partial charge in [0.2, 0.25) is 5.95 Å². The molecule has 50 heavy (non-hydrogen) atoms. The summed E-state index contributed by atoms with van der Waals surface area (Å²) in [5.41, 5.74) is 12.7. The fourth-order valence-corrected chi connectivity index (χ4v) is 7.44. The second-order valence-electron chi connectivity index (χ2n) is 13.0. The molecular formula is C38H59N6O5P. The number of imidazole rings is 1. The zero-order chi connectivity index (χ0) is 35.3. The number of nitrogens with zero attached hydrogens (tertiary/aromatic N) is 4.